The van der Waals surface area contributed by atoms with Gasteiger partial charge in [-0.05, 0) is 17.7 Å². The minimum Gasteiger partial charge on any atom is -0.354 e. The van der Waals surface area contributed by atoms with Crippen molar-refractivity contribution in [1.82, 2.24) is 9.97 Å². The number of fused-ring (bicyclic) bond motifs is 1. The fourth-order valence-corrected chi connectivity index (χ4v) is 2.45. The summed E-state index contributed by atoms with van der Waals surface area (Å²) in [6.45, 7) is 0. The van der Waals surface area contributed by atoms with Crippen LogP contribution < -0.4 is 5.32 Å². The Morgan fingerprint density at radius 2 is 1.71 bits per heavy atom. The maximum absolute atomic E-state index is 9.54. The fourth-order valence-electron chi connectivity index (χ4n) is 2.23. The van der Waals surface area contributed by atoms with Crippen LogP contribution in [0.4, 0.5) is 5.69 Å². The Hall–Kier alpha value is -3.66. The molecule has 3 rings (SSSR count). The van der Waals surface area contributed by atoms with E-state index < -0.39 is 0 Å². The number of nitriles is 3. The third kappa shape index (κ3) is 2.57. The van der Waals surface area contributed by atoms with Gasteiger partial charge in [0, 0.05) is 5.69 Å². The molecule has 0 aliphatic carbocycles. The average molecular weight is 331 g/mol. The van der Waals surface area contributed by atoms with Crippen molar-refractivity contribution in [1.29, 1.82) is 15.8 Å². The second-order valence-electron chi connectivity index (χ2n) is 4.73. The van der Waals surface area contributed by atoms with Crippen LogP contribution in [0.1, 0.15) is 22.6 Å². The van der Waals surface area contributed by atoms with E-state index >= 15 is 0 Å². The number of para-hydroxylation sites is 1. The van der Waals surface area contributed by atoms with Crippen molar-refractivity contribution in [3.8, 4) is 18.2 Å². The van der Waals surface area contributed by atoms with E-state index in [0.717, 1.165) is 11.3 Å². The minimum absolute atomic E-state index is 0.0567. The highest BCUT2D eigenvalue weighted by atomic mass is 35.5. The Labute approximate surface area is 142 Å². The molecule has 24 heavy (non-hydrogen) atoms. The highest BCUT2D eigenvalue weighted by molar-refractivity contribution is 6.31. The molecule has 2 heterocycles. The van der Waals surface area contributed by atoms with Crippen LogP contribution in [0, 0.1) is 34.0 Å². The van der Waals surface area contributed by atoms with E-state index in [4.69, 9.17) is 22.1 Å². The van der Waals surface area contributed by atoms with Crippen molar-refractivity contribution in [3.63, 3.8) is 0 Å². The number of allylic oxidation sites excluding steroid dienone is 2. The standard InChI is InChI=1S/C17H7ClN6/c18-17-16(23-14(8-20)15(9-21)24-17)11(7-19)13-6-5-10-3-1-2-4-12(10)22-13/h1-6,22H. The first-order valence-electron chi connectivity index (χ1n) is 6.74. The number of hydrogen-bond donors (Lipinski definition) is 1. The van der Waals surface area contributed by atoms with E-state index in [1.165, 1.54) is 0 Å². The molecular weight excluding hydrogens is 324 g/mol. The number of rotatable bonds is 1. The Morgan fingerprint density at radius 1 is 1.00 bits per heavy atom. The summed E-state index contributed by atoms with van der Waals surface area (Å²) in [4.78, 5) is 7.88. The molecule has 0 unspecified atom stereocenters. The van der Waals surface area contributed by atoms with Gasteiger partial charge in [0.25, 0.3) is 0 Å². The van der Waals surface area contributed by atoms with Crippen molar-refractivity contribution in [2.24, 2.45) is 0 Å². The summed E-state index contributed by atoms with van der Waals surface area (Å²) < 4.78 is 0. The van der Waals surface area contributed by atoms with Gasteiger partial charge in [-0.2, -0.15) is 15.8 Å². The van der Waals surface area contributed by atoms with Gasteiger partial charge in [-0.3, -0.25) is 0 Å². The van der Waals surface area contributed by atoms with Crippen molar-refractivity contribution in [2.45, 2.75) is 0 Å². The first-order chi connectivity index (χ1) is 11.7. The summed E-state index contributed by atoms with van der Waals surface area (Å²) >= 11 is 6.06. The molecule has 6 nitrogen and oxygen atoms in total. The molecule has 0 spiro atoms. The molecule has 1 aromatic carbocycles. The second kappa shape index (κ2) is 6.22. The maximum atomic E-state index is 9.54. The van der Waals surface area contributed by atoms with Crippen molar-refractivity contribution < 1.29 is 0 Å². The quantitative estimate of drug-likeness (QED) is 0.804. The van der Waals surface area contributed by atoms with Crippen molar-refractivity contribution in [3.05, 3.63) is 63.8 Å². The number of halogens is 1. The topological polar surface area (TPSA) is 109 Å². The fraction of sp³-hybridized carbons (Fsp3) is 0. The molecule has 7 heteroatoms. The Bertz CT molecular complexity index is 1030. The number of nitrogens with zero attached hydrogens (tertiary/aromatic N) is 5. The van der Waals surface area contributed by atoms with E-state index in [1.807, 2.05) is 36.4 Å². The summed E-state index contributed by atoms with van der Waals surface area (Å²) in [6, 6.07) is 13.2. The zero-order valence-electron chi connectivity index (χ0n) is 12.1. The van der Waals surface area contributed by atoms with Gasteiger partial charge in [-0.25, -0.2) is 9.97 Å². The van der Waals surface area contributed by atoms with Crippen molar-refractivity contribution >= 4 is 28.9 Å². The normalized spacial score (nSPS) is 13.8. The van der Waals surface area contributed by atoms with Gasteiger partial charge >= 0.3 is 0 Å². The molecule has 1 N–H and O–H groups in total. The van der Waals surface area contributed by atoms with Gasteiger partial charge in [0.2, 0.25) is 0 Å². The number of aromatic nitrogens is 2. The third-order valence-corrected chi connectivity index (χ3v) is 3.61. The zero-order valence-corrected chi connectivity index (χ0v) is 12.8. The van der Waals surface area contributed by atoms with Gasteiger partial charge in [-0.15, -0.1) is 0 Å². The highest BCUT2D eigenvalue weighted by Gasteiger charge is 2.19. The lowest BCUT2D eigenvalue weighted by Gasteiger charge is -2.17. The van der Waals surface area contributed by atoms with E-state index in [1.54, 1.807) is 18.2 Å². The largest absolute Gasteiger partial charge is 0.354 e. The lowest BCUT2D eigenvalue weighted by molar-refractivity contribution is 1.10. The first-order valence-corrected chi connectivity index (χ1v) is 7.12. The number of hydrogen-bond acceptors (Lipinski definition) is 6. The van der Waals surface area contributed by atoms with Crippen LogP contribution in [0.25, 0.3) is 11.6 Å². The van der Waals surface area contributed by atoms with Crippen LogP contribution in [0.5, 0.6) is 0 Å². The molecule has 0 fully saturated rings. The Morgan fingerprint density at radius 3 is 2.42 bits per heavy atom. The van der Waals surface area contributed by atoms with Gasteiger partial charge in [0.15, 0.2) is 16.5 Å². The molecule has 112 valence electrons. The molecular formula is C17H7ClN6. The average Bonchev–Trinajstić information content (AvgIpc) is 2.63. The summed E-state index contributed by atoms with van der Waals surface area (Å²) in [5, 5.41) is 30.6. The molecule has 0 bridgehead atoms. The minimum atomic E-state index is -0.176. The molecule has 2 aromatic rings. The third-order valence-electron chi connectivity index (χ3n) is 3.34. The first kappa shape index (κ1) is 15.2. The SMILES string of the molecule is N#CC(=C1C=Cc2ccccc2N1)c1nc(C#N)c(C#N)nc1Cl. The predicted octanol–water partition coefficient (Wildman–Crippen LogP) is 3.25. The van der Waals surface area contributed by atoms with E-state index in [-0.39, 0.29) is 27.8 Å². The monoisotopic (exact) mass is 330 g/mol. The predicted molar refractivity (Wildman–Crippen MR) is 88.1 cm³/mol. The van der Waals surface area contributed by atoms with Gasteiger partial charge in [0.1, 0.15) is 29.5 Å². The van der Waals surface area contributed by atoms with Gasteiger partial charge < -0.3 is 5.32 Å². The van der Waals surface area contributed by atoms with E-state index in [2.05, 4.69) is 15.3 Å². The number of benzene rings is 1. The summed E-state index contributed by atoms with van der Waals surface area (Å²) in [6.07, 6.45) is 3.58. The molecule has 0 atom stereocenters. The Kier molecular flexibility index (Phi) is 3.95. The van der Waals surface area contributed by atoms with Crippen LogP contribution in [0.15, 0.2) is 36.0 Å². The second-order valence-corrected chi connectivity index (χ2v) is 5.09. The number of anilines is 1. The summed E-state index contributed by atoms with van der Waals surface area (Å²) in [5.74, 6) is 0. The van der Waals surface area contributed by atoms with E-state index in [9.17, 15) is 5.26 Å². The van der Waals surface area contributed by atoms with Crippen LogP contribution >= 0.6 is 11.6 Å². The lowest BCUT2D eigenvalue weighted by atomic mass is 10.0. The van der Waals surface area contributed by atoms with Crippen LogP contribution in [-0.2, 0) is 0 Å². The molecule has 1 aliphatic rings. The molecule has 0 radical (unpaired) electrons. The Balaban J connectivity index is 2.17. The molecule has 0 amide bonds. The summed E-state index contributed by atoms with van der Waals surface area (Å²) in [7, 11) is 0. The maximum Gasteiger partial charge on any atom is 0.178 e. The highest BCUT2D eigenvalue weighted by Crippen LogP contribution is 2.30. The van der Waals surface area contributed by atoms with Crippen LogP contribution in [-0.4, -0.2) is 9.97 Å². The van der Waals surface area contributed by atoms with Crippen LogP contribution in [0.2, 0.25) is 5.15 Å². The van der Waals surface area contributed by atoms with Crippen molar-refractivity contribution in [2.75, 3.05) is 5.32 Å². The van der Waals surface area contributed by atoms with E-state index in [0.29, 0.717) is 5.70 Å². The molecule has 1 aromatic heterocycles. The zero-order chi connectivity index (χ0) is 17.1. The number of nitrogens with one attached hydrogen (secondary N) is 1. The lowest BCUT2D eigenvalue weighted by Crippen LogP contribution is -2.08. The van der Waals surface area contributed by atoms with Crippen LogP contribution in [0.3, 0.4) is 0 Å². The molecule has 1 aliphatic heterocycles. The summed E-state index contributed by atoms with van der Waals surface area (Å²) in [5.41, 5.74) is 2.15. The molecule has 0 saturated carbocycles. The molecule has 0 saturated heterocycles. The van der Waals surface area contributed by atoms with Gasteiger partial charge in [-0.1, -0.05) is 35.9 Å². The van der Waals surface area contributed by atoms with Gasteiger partial charge in [0.05, 0.1) is 5.70 Å². The smallest absolute Gasteiger partial charge is 0.178 e.